The number of hydrogen-bond acceptors (Lipinski definition) is 4. The molecule has 0 saturated heterocycles. The summed E-state index contributed by atoms with van der Waals surface area (Å²) in [7, 11) is 3.73. The Morgan fingerprint density at radius 1 is 1.26 bits per heavy atom. The molecule has 2 rings (SSSR count). The zero-order valence-electron chi connectivity index (χ0n) is 11.4. The molecular formula is C14H18BrN3O. The molecule has 0 aliphatic heterocycles. The summed E-state index contributed by atoms with van der Waals surface area (Å²) in [6.07, 6.45) is 0. The average molecular weight is 324 g/mol. The number of rotatable bonds is 5. The molecule has 102 valence electrons. The number of alkyl halides is 1. The molecular weight excluding hydrogens is 306 g/mol. The van der Waals surface area contributed by atoms with Crippen LogP contribution in [0.4, 0.5) is 5.82 Å². The molecule has 0 aliphatic rings. The number of methoxy groups -OCH3 is 1. The fourth-order valence-electron chi connectivity index (χ4n) is 2.06. The predicted molar refractivity (Wildman–Crippen MR) is 82.1 cm³/mol. The Labute approximate surface area is 121 Å². The SMILES string of the molecule is COCC(Br)CN(C)c1nc2ccccc2nc1C. The number of para-hydroxylation sites is 2. The van der Waals surface area contributed by atoms with Crippen LogP contribution in [0.2, 0.25) is 0 Å². The van der Waals surface area contributed by atoms with Gasteiger partial charge in [0.25, 0.3) is 0 Å². The third kappa shape index (κ3) is 3.42. The van der Waals surface area contributed by atoms with E-state index in [1.807, 2.05) is 38.2 Å². The number of aromatic nitrogens is 2. The fourth-order valence-corrected chi connectivity index (χ4v) is 2.76. The van der Waals surface area contributed by atoms with Crippen LogP contribution in [0, 0.1) is 6.92 Å². The number of fused-ring (bicyclic) bond motifs is 1. The van der Waals surface area contributed by atoms with E-state index < -0.39 is 0 Å². The zero-order chi connectivity index (χ0) is 13.8. The molecule has 0 spiro atoms. The second-order valence-corrected chi connectivity index (χ2v) is 5.85. The minimum atomic E-state index is 0.273. The van der Waals surface area contributed by atoms with Gasteiger partial charge in [-0.15, -0.1) is 0 Å². The largest absolute Gasteiger partial charge is 0.383 e. The van der Waals surface area contributed by atoms with Gasteiger partial charge in [-0.25, -0.2) is 9.97 Å². The highest BCUT2D eigenvalue weighted by molar-refractivity contribution is 9.09. The van der Waals surface area contributed by atoms with E-state index >= 15 is 0 Å². The molecule has 0 aliphatic carbocycles. The van der Waals surface area contributed by atoms with E-state index in [4.69, 9.17) is 4.74 Å². The summed E-state index contributed by atoms with van der Waals surface area (Å²) in [6.45, 7) is 3.48. The van der Waals surface area contributed by atoms with Crippen molar-refractivity contribution in [3.63, 3.8) is 0 Å². The summed E-state index contributed by atoms with van der Waals surface area (Å²) < 4.78 is 5.13. The van der Waals surface area contributed by atoms with E-state index in [1.54, 1.807) is 7.11 Å². The lowest BCUT2D eigenvalue weighted by atomic mass is 10.3. The van der Waals surface area contributed by atoms with Gasteiger partial charge in [-0.2, -0.15) is 0 Å². The second-order valence-electron chi connectivity index (χ2n) is 4.55. The minimum Gasteiger partial charge on any atom is -0.383 e. The van der Waals surface area contributed by atoms with Gasteiger partial charge >= 0.3 is 0 Å². The molecule has 0 saturated carbocycles. The van der Waals surface area contributed by atoms with E-state index in [-0.39, 0.29) is 4.83 Å². The molecule has 0 fully saturated rings. The molecule has 2 aromatic rings. The van der Waals surface area contributed by atoms with Crippen molar-refractivity contribution >= 4 is 32.8 Å². The highest BCUT2D eigenvalue weighted by Gasteiger charge is 2.13. The van der Waals surface area contributed by atoms with Crippen molar-refractivity contribution < 1.29 is 4.74 Å². The van der Waals surface area contributed by atoms with Crippen molar-refractivity contribution in [2.75, 3.05) is 32.2 Å². The van der Waals surface area contributed by atoms with Crippen LogP contribution < -0.4 is 4.90 Å². The van der Waals surface area contributed by atoms with Crippen molar-refractivity contribution in [2.45, 2.75) is 11.8 Å². The van der Waals surface area contributed by atoms with Crippen molar-refractivity contribution in [2.24, 2.45) is 0 Å². The Balaban J connectivity index is 2.26. The van der Waals surface area contributed by atoms with E-state index in [2.05, 4.69) is 30.8 Å². The second kappa shape index (κ2) is 6.30. The number of anilines is 1. The smallest absolute Gasteiger partial charge is 0.150 e. The first-order valence-corrected chi connectivity index (χ1v) is 7.11. The van der Waals surface area contributed by atoms with Crippen LogP contribution in [0.1, 0.15) is 5.69 Å². The van der Waals surface area contributed by atoms with Crippen molar-refractivity contribution in [3.05, 3.63) is 30.0 Å². The van der Waals surface area contributed by atoms with E-state index in [0.717, 1.165) is 29.1 Å². The van der Waals surface area contributed by atoms with Gasteiger partial charge in [-0.3, -0.25) is 0 Å². The summed E-state index contributed by atoms with van der Waals surface area (Å²) in [5.41, 5.74) is 2.80. The van der Waals surface area contributed by atoms with Gasteiger partial charge in [-0.05, 0) is 19.1 Å². The van der Waals surface area contributed by atoms with Crippen molar-refractivity contribution in [1.29, 1.82) is 0 Å². The fraction of sp³-hybridized carbons (Fsp3) is 0.429. The number of benzene rings is 1. The highest BCUT2D eigenvalue weighted by atomic mass is 79.9. The lowest BCUT2D eigenvalue weighted by Gasteiger charge is -2.22. The third-order valence-corrected chi connectivity index (χ3v) is 3.45. The molecule has 0 amide bonds. The first-order chi connectivity index (χ1) is 9.11. The van der Waals surface area contributed by atoms with Crippen LogP contribution in [-0.2, 0) is 4.74 Å². The molecule has 1 heterocycles. The molecule has 0 bridgehead atoms. The maximum Gasteiger partial charge on any atom is 0.150 e. The first-order valence-electron chi connectivity index (χ1n) is 6.19. The van der Waals surface area contributed by atoms with Crippen LogP contribution >= 0.6 is 15.9 Å². The van der Waals surface area contributed by atoms with Gasteiger partial charge < -0.3 is 9.64 Å². The summed E-state index contributed by atoms with van der Waals surface area (Å²) in [5, 5.41) is 0. The first kappa shape index (κ1) is 14.2. The maximum atomic E-state index is 5.13. The maximum absolute atomic E-state index is 5.13. The van der Waals surface area contributed by atoms with Crippen molar-refractivity contribution in [1.82, 2.24) is 9.97 Å². The van der Waals surface area contributed by atoms with E-state index in [1.165, 1.54) is 0 Å². The van der Waals surface area contributed by atoms with Gasteiger partial charge in [0.2, 0.25) is 0 Å². The lowest BCUT2D eigenvalue weighted by Crippen LogP contribution is -2.29. The number of aryl methyl sites for hydroxylation is 1. The van der Waals surface area contributed by atoms with E-state index in [9.17, 15) is 0 Å². The topological polar surface area (TPSA) is 38.2 Å². The van der Waals surface area contributed by atoms with Crippen molar-refractivity contribution in [3.8, 4) is 0 Å². The molecule has 0 radical (unpaired) electrons. The van der Waals surface area contributed by atoms with Crippen LogP contribution in [-0.4, -0.2) is 42.1 Å². The average Bonchev–Trinajstić information content (AvgIpc) is 2.38. The monoisotopic (exact) mass is 323 g/mol. The molecule has 1 unspecified atom stereocenters. The van der Waals surface area contributed by atoms with Gasteiger partial charge in [0.05, 0.1) is 28.2 Å². The van der Waals surface area contributed by atoms with Gasteiger partial charge in [-0.1, -0.05) is 28.1 Å². The highest BCUT2D eigenvalue weighted by Crippen LogP contribution is 2.19. The molecule has 5 heteroatoms. The number of nitrogens with zero attached hydrogens (tertiary/aromatic N) is 3. The summed E-state index contributed by atoms with van der Waals surface area (Å²) in [6, 6.07) is 7.93. The van der Waals surface area contributed by atoms with Crippen LogP contribution in [0.15, 0.2) is 24.3 Å². The third-order valence-electron chi connectivity index (χ3n) is 2.90. The Kier molecular flexibility index (Phi) is 4.71. The van der Waals surface area contributed by atoms with Crippen LogP contribution in [0.25, 0.3) is 11.0 Å². The molecule has 1 aromatic carbocycles. The van der Waals surface area contributed by atoms with Gasteiger partial charge in [0.1, 0.15) is 0 Å². The number of hydrogen-bond donors (Lipinski definition) is 0. The van der Waals surface area contributed by atoms with Crippen LogP contribution in [0.3, 0.4) is 0 Å². The molecule has 1 aromatic heterocycles. The zero-order valence-corrected chi connectivity index (χ0v) is 13.0. The Bertz CT molecular complexity index is 561. The summed E-state index contributed by atoms with van der Waals surface area (Å²) >= 11 is 3.60. The predicted octanol–water partition coefficient (Wildman–Crippen LogP) is 2.78. The van der Waals surface area contributed by atoms with E-state index in [0.29, 0.717) is 6.61 Å². The van der Waals surface area contributed by atoms with Gasteiger partial charge in [0, 0.05) is 20.7 Å². The van der Waals surface area contributed by atoms with Crippen LogP contribution in [0.5, 0.6) is 0 Å². The lowest BCUT2D eigenvalue weighted by molar-refractivity contribution is 0.201. The number of halogens is 1. The Hall–Kier alpha value is -1.20. The summed E-state index contributed by atoms with van der Waals surface area (Å²) in [4.78, 5) is 11.7. The van der Waals surface area contributed by atoms with Gasteiger partial charge in [0.15, 0.2) is 5.82 Å². The standard InChI is InChI=1S/C14H18BrN3O/c1-10-14(18(2)8-11(15)9-19-3)17-13-7-5-4-6-12(13)16-10/h4-7,11H,8-9H2,1-3H3. The summed E-state index contributed by atoms with van der Waals surface area (Å²) in [5.74, 6) is 0.916. The molecule has 4 nitrogen and oxygen atoms in total. The Morgan fingerprint density at radius 3 is 2.53 bits per heavy atom. The normalized spacial score (nSPS) is 12.6. The molecule has 19 heavy (non-hydrogen) atoms. The minimum absolute atomic E-state index is 0.273. The Morgan fingerprint density at radius 2 is 1.89 bits per heavy atom. The quantitative estimate of drug-likeness (QED) is 0.793. The molecule has 0 N–H and O–H groups in total. The number of ether oxygens (including phenoxy) is 1. The molecule has 1 atom stereocenters.